The first-order valence-electron chi connectivity index (χ1n) is 5.13. The molecule has 1 rings (SSSR count). The SMILES string of the molecule is CC(C)C1CCN(C(=O)CN)CC1. The van der Waals surface area contributed by atoms with Crippen LogP contribution in [0.5, 0.6) is 0 Å². The lowest BCUT2D eigenvalue weighted by atomic mass is 9.87. The fourth-order valence-electron chi connectivity index (χ4n) is 1.94. The van der Waals surface area contributed by atoms with Gasteiger partial charge in [-0.2, -0.15) is 0 Å². The zero-order chi connectivity index (χ0) is 9.84. The third kappa shape index (κ3) is 2.69. The van der Waals surface area contributed by atoms with Gasteiger partial charge in [0.15, 0.2) is 0 Å². The Morgan fingerprint density at radius 3 is 2.38 bits per heavy atom. The van der Waals surface area contributed by atoms with Crippen LogP contribution in [0.4, 0.5) is 0 Å². The molecule has 0 aromatic rings. The summed E-state index contributed by atoms with van der Waals surface area (Å²) < 4.78 is 0. The van der Waals surface area contributed by atoms with E-state index >= 15 is 0 Å². The van der Waals surface area contributed by atoms with Crippen LogP contribution in [-0.2, 0) is 4.79 Å². The Bertz CT molecular complexity index is 172. The van der Waals surface area contributed by atoms with Gasteiger partial charge in [-0.1, -0.05) is 13.8 Å². The molecule has 1 amide bonds. The third-order valence-corrected chi connectivity index (χ3v) is 3.01. The molecule has 3 nitrogen and oxygen atoms in total. The van der Waals surface area contributed by atoms with Crippen molar-refractivity contribution < 1.29 is 4.79 Å². The van der Waals surface area contributed by atoms with Gasteiger partial charge < -0.3 is 10.6 Å². The van der Waals surface area contributed by atoms with Gasteiger partial charge >= 0.3 is 0 Å². The van der Waals surface area contributed by atoms with Gasteiger partial charge in [-0.25, -0.2) is 0 Å². The van der Waals surface area contributed by atoms with Crippen LogP contribution in [0.1, 0.15) is 26.7 Å². The van der Waals surface area contributed by atoms with Crippen molar-refractivity contribution in [3.63, 3.8) is 0 Å². The minimum absolute atomic E-state index is 0.0993. The molecule has 0 bridgehead atoms. The van der Waals surface area contributed by atoms with Crippen molar-refractivity contribution in [3.05, 3.63) is 0 Å². The van der Waals surface area contributed by atoms with E-state index in [0.717, 1.165) is 37.8 Å². The Hall–Kier alpha value is -0.570. The molecule has 0 unspecified atom stereocenters. The summed E-state index contributed by atoms with van der Waals surface area (Å²) in [6, 6.07) is 0. The van der Waals surface area contributed by atoms with Gasteiger partial charge in [-0.15, -0.1) is 0 Å². The molecule has 0 aromatic heterocycles. The monoisotopic (exact) mass is 184 g/mol. The summed E-state index contributed by atoms with van der Waals surface area (Å²) in [5.41, 5.74) is 5.31. The number of carbonyl (C=O) groups is 1. The summed E-state index contributed by atoms with van der Waals surface area (Å²) in [6.45, 7) is 6.47. The Labute approximate surface area is 80.3 Å². The van der Waals surface area contributed by atoms with E-state index in [1.54, 1.807) is 0 Å². The molecule has 0 aliphatic carbocycles. The molecule has 0 radical (unpaired) electrons. The standard InChI is InChI=1S/C10H20N2O/c1-8(2)9-3-5-12(6-4-9)10(13)7-11/h8-9H,3-7,11H2,1-2H3. The van der Waals surface area contributed by atoms with Crippen LogP contribution in [-0.4, -0.2) is 30.4 Å². The van der Waals surface area contributed by atoms with Crippen LogP contribution in [0.25, 0.3) is 0 Å². The second kappa shape index (κ2) is 4.61. The van der Waals surface area contributed by atoms with E-state index in [0.29, 0.717) is 0 Å². The van der Waals surface area contributed by atoms with Crippen molar-refractivity contribution in [3.8, 4) is 0 Å². The van der Waals surface area contributed by atoms with E-state index in [2.05, 4.69) is 13.8 Å². The van der Waals surface area contributed by atoms with Crippen molar-refractivity contribution >= 4 is 5.91 Å². The smallest absolute Gasteiger partial charge is 0.236 e. The molecular weight excluding hydrogens is 164 g/mol. The number of nitrogens with zero attached hydrogens (tertiary/aromatic N) is 1. The van der Waals surface area contributed by atoms with E-state index in [-0.39, 0.29) is 12.5 Å². The number of rotatable bonds is 2. The maximum absolute atomic E-state index is 11.2. The molecule has 3 heteroatoms. The number of likely N-dealkylation sites (tertiary alicyclic amines) is 1. The number of piperidine rings is 1. The maximum atomic E-state index is 11.2. The van der Waals surface area contributed by atoms with Crippen LogP contribution < -0.4 is 5.73 Å². The molecule has 0 atom stereocenters. The number of carbonyl (C=O) groups excluding carboxylic acids is 1. The summed E-state index contributed by atoms with van der Waals surface area (Å²) in [7, 11) is 0. The Kier molecular flexibility index (Phi) is 3.72. The van der Waals surface area contributed by atoms with Crippen LogP contribution in [0.2, 0.25) is 0 Å². The highest BCUT2D eigenvalue weighted by atomic mass is 16.2. The highest BCUT2D eigenvalue weighted by Gasteiger charge is 2.23. The summed E-state index contributed by atoms with van der Waals surface area (Å²) >= 11 is 0. The van der Waals surface area contributed by atoms with E-state index < -0.39 is 0 Å². The lowest BCUT2D eigenvalue weighted by Crippen LogP contribution is -2.42. The summed E-state index contributed by atoms with van der Waals surface area (Å²) in [4.78, 5) is 13.1. The van der Waals surface area contributed by atoms with Crippen molar-refractivity contribution in [1.82, 2.24) is 4.90 Å². The van der Waals surface area contributed by atoms with Crippen molar-refractivity contribution in [2.24, 2.45) is 17.6 Å². The first-order chi connectivity index (χ1) is 6.15. The molecule has 0 saturated carbocycles. The number of hydrogen-bond donors (Lipinski definition) is 1. The first-order valence-corrected chi connectivity index (χ1v) is 5.13. The largest absolute Gasteiger partial charge is 0.342 e. The second-order valence-corrected chi connectivity index (χ2v) is 4.17. The minimum atomic E-state index is 0.0993. The van der Waals surface area contributed by atoms with Crippen LogP contribution in [0, 0.1) is 11.8 Å². The van der Waals surface area contributed by atoms with Gasteiger partial charge in [0.25, 0.3) is 0 Å². The topological polar surface area (TPSA) is 46.3 Å². The van der Waals surface area contributed by atoms with Crippen LogP contribution in [0.15, 0.2) is 0 Å². The van der Waals surface area contributed by atoms with E-state index in [1.807, 2.05) is 4.90 Å². The molecule has 76 valence electrons. The molecule has 1 fully saturated rings. The average Bonchev–Trinajstić information content (AvgIpc) is 2.17. The van der Waals surface area contributed by atoms with Gasteiger partial charge in [-0.3, -0.25) is 4.79 Å². The van der Waals surface area contributed by atoms with Crippen molar-refractivity contribution in [2.75, 3.05) is 19.6 Å². The molecular formula is C10H20N2O. The fraction of sp³-hybridized carbons (Fsp3) is 0.900. The van der Waals surface area contributed by atoms with Gasteiger partial charge in [0, 0.05) is 13.1 Å². The summed E-state index contributed by atoms with van der Waals surface area (Å²) in [5.74, 6) is 1.64. The van der Waals surface area contributed by atoms with E-state index in [9.17, 15) is 4.79 Å². The highest BCUT2D eigenvalue weighted by molar-refractivity contribution is 5.78. The van der Waals surface area contributed by atoms with Crippen molar-refractivity contribution in [2.45, 2.75) is 26.7 Å². The predicted octanol–water partition coefficient (Wildman–Crippen LogP) is 0.840. The van der Waals surface area contributed by atoms with Gasteiger partial charge in [-0.05, 0) is 24.7 Å². The zero-order valence-corrected chi connectivity index (χ0v) is 8.62. The first kappa shape index (κ1) is 10.5. The normalized spacial score (nSPS) is 19.5. The lowest BCUT2D eigenvalue weighted by molar-refractivity contribution is -0.131. The van der Waals surface area contributed by atoms with Gasteiger partial charge in [0.05, 0.1) is 6.54 Å². The number of nitrogens with two attached hydrogens (primary N) is 1. The lowest BCUT2D eigenvalue weighted by Gasteiger charge is -2.33. The van der Waals surface area contributed by atoms with Crippen LogP contribution >= 0.6 is 0 Å². The van der Waals surface area contributed by atoms with Crippen molar-refractivity contribution in [1.29, 1.82) is 0 Å². The molecule has 1 heterocycles. The van der Waals surface area contributed by atoms with Gasteiger partial charge in [0.1, 0.15) is 0 Å². The Morgan fingerprint density at radius 1 is 1.46 bits per heavy atom. The molecule has 0 spiro atoms. The van der Waals surface area contributed by atoms with E-state index in [1.165, 1.54) is 0 Å². The Balaban J connectivity index is 2.34. The summed E-state index contributed by atoms with van der Waals surface area (Å²) in [5, 5.41) is 0. The van der Waals surface area contributed by atoms with Gasteiger partial charge in [0.2, 0.25) is 5.91 Å². The predicted molar refractivity (Wildman–Crippen MR) is 53.2 cm³/mol. The molecule has 1 saturated heterocycles. The summed E-state index contributed by atoms with van der Waals surface area (Å²) in [6.07, 6.45) is 2.28. The second-order valence-electron chi connectivity index (χ2n) is 4.17. The number of hydrogen-bond acceptors (Lipinski definition) is 2. The molecule has 2 N–H and O–H groups in total. The minimum Gasteiger partial charge on any atom is -0.342 e. The zero-order valence-electron chi connectivity index (χ0n) is 8.62. The van der Waals surface area contributed by atoms with Crippen LogP contribution in [0.3, 0.4) is 0 Å². The highest BCUT2D eigenvalue weighted by Crippen LogP contribution is 2.24. The molecule has 0 aromatic carbocycles. The maximum Gasteiger partial charge on any atom is 0.236 e. The molecule has 1 aliphatic rings. The fourth-order valence-corrected chi connectivity index (χ4v) is 1.94. The molecule has 1 aliphatic heterocycles. The number of amides is 1. The van der Waals surface area contributed by atoms with E-state index in [4.69, 9.17) is 5.73 Å². The third-order valence-electron chi connectivity index (χ3n) is 3.01. The molecule has 13 heavy (non-hydrogen) atoms. The average molecular weight is 184 g/mol. The quantitative estimate of drug-likeness (QED) is 0.691. The Morgan fingerprint density at radius 2 is 2.00 bits per heavy atom.